The van der Waals surface area contributed by atoms with Gasteiger partial charge in [0.25, 0.3) is 5.91 Å². The zero-order valence-corrected chi connectivity index (χ0v) is 12.8. The van der Waals surface area contributed by atoms with Crippen LogP contribution in [0.25, 0.3) is 0 Å². The third kappa shape index (κ3) is 5.70. The van der Waals surface area contributed by atoms with E-state index in [0.717, 1.165) is 0 Å². The van der Waals surface area contributed by atoms with E-state index in [4.69, 9.17) is 17.3 Å². The Morgan fingerprint density at radius 1 is 1.33 bits per heavy atom. The largest absolute Gasteiger partial charge is 0.453 e. The summed E-state index contributed by atoms with van der Waals surface area (Å²) >= 11 is 5.67. The molecule has 0 radical (unpaired) electrons. The summed E-state index contributed by atoms with van der Waals surface area (Å²) in [6, 6.07) is 5.58. The van der Waals surface area contributed by atoms with Crippen LogP contribution in [0.1, 0.15) is 13.3 Å². The number of carbonyl (C=O) groups excluding carboxylic acids is 2. The maximum atomic E-state index is 11.9. The summed E-state index contributed by atoms with van der Waals surface area (Å²) in [6.07, 6.45) is -1.27. The van der Waals surface area contributed by atoms with E-state index < -0.39 is 28.0 Å². The number of benzene rings is 1. The first-order chi connectivity index (χ1) is 9.72. The third-order valence-electron chi connectivity index (χ3n) is 2.45. The SMILES string of the molecule is C[C@H](OC(=O)CCNS(=O)(=O)c1ccc(Cl)cc1)C(N)=O. The Balaban J connectivity index is 2.49. The van der Waals surface area contributed by atoms with Crippen molar-refractivity contribution >= 4 is 33.5 Å². The highest BCUT2D eigenvalue weighted by molar-refractivity contribution is 7.89. The molecule has 0 bridgehead atoms. The fourth-order valence-electron chi connectivity index (χ4n) is 1.30. The molecule has 1 atom stereocenters. The second kappa shape index (κ2) is 7.39. The number of amides is 1. The highest BCUT2D eigenvalue weighted by Crippen LogP contribution is 2.13. The van der Waals surface area contributed by atoms with Gasteiger partial charge in [-0.1, -0.05) is 11.6 Å². The number of esters is 1. The zero-order valence-electron chi connectivity index (χ0n) is 11.2. The van der Waals surface area contributed by atoms with Gasteiger partial charge in [-0.2, -0.15) is 0 Å². The smallest absolute Gasteiger partial charge is 0.307 e. The van der Waals surface area contributed by atoms with Crippen LogP contribution >= 0.6 is 11.6 Å². The molecule has 0 spiro atoms. The molecule has 0 aliphatic carbocycles. The number of sulfonamides is 1. The van der Waals surface area contributed by atoms with Crippen molar-refractivity contribution in [1.29, 1.82) is 0 Å². The quantitative estimate of drug-likeness (QED) is 0.701. The van der Waals surface area contributed by atoms with E-state index >= 15 is 0 Å². The van der Waals surface area contributed by atoms with Gasteiger partial charge in [-0.25, -0.2) is 13.1 Å². The number of primary amides is 1. The molecule has 0 unspecified atom stereocenters. The van der Waals surface area contributed by atoms with Crippen LogP contribution in [0.4, 0.5) is 0 Å². The summed E-state index contributed by atoms with van der Waals surface area (Å²) in [7, 11) is -3.73. The summed E-state index contributed by atoms with van der Waals surface area (Å²) < 4.78 is 30.7. The molecule has 1 rings (SSSR count). The van der Waals surface area contributed by atoms with E-state index in [-0.39, 0.29) is 17.9 Å². The molecule has 3 N–H and O–H groups in total. The average Bonchev–Trinajstić information content (AvgIpc) is 2.38. The molecule has 21 heavy (non-hydrogen) atoms. The molecule has 0 heterocycles. The standard InChI is InChI=1S/C12H15ClN2O5S/c1-8(12(14)17)20-11(16)6-7-15-21(18,19)10-4-2-9(13)3-5-10/h2-5,8,15H,6-7H2,1H3,(H2,14,17)/t8-/m0/s1. The fourth-order valence-corrected chi connectivity index (χ4v) is 2.46. The molecule has 0 saturated carbocycles. The minimum absolute atomic E-state index is 0.0331. The van der Waals surface area contributed by atoms with Gasteiger partial charge in [0, 0.05) is 11.6 Å². The monoisotopic (exact) mass is 334 g/mol. The number of hydrogen-bond acceptors (Lipinski definition) is 5. The first-order valence-electron chi connectivity index (χ1n) is 5.96. The van der Waals surface area contributed by atoms with Crippen molar-refractivity contribution in [1.82, 2.24) is 4.72 Å². The fraction of sp³-hybridized carbons (Fsp3) is 0.333. The Morgan fingerprint density at radius 2 is 1.90 bits per heavy atom. The van der Waals surface area contributed by atoms with Crippen molar-refractivity contribution in [2.24, 2.45) is 5.73 Å². The first kappa shape index (κ1) is 17.4. The Morgan fingerprint density at radius 3 is 2.43 bits per heavy atom. The van der Waals surface area contributed by atoms with Crippen molar-refractivity contribution in [2.75, 3.05) is 6.54 Å². The van der Waals surface area contributed by atoms with Gasteiger partial charge in [0.05, 0.1) is 11.3 Å². The number of nitrogens with two attached hydrogens (primary N) is 1. The summed E-state index contributed by atoms with van der Waals surface area (Å²) in [4.78, 5) is 22.1. The molecule has 1 amide bonds. The van der Waals surface area contributed by atoms with Gasteiger partial charge in [0.15, 0.2) is 6.10 Å². The minimum Gasteiger partial charge on any atom is -0.453 e. The van der Waals surface area contributed by atoms with Crippen molar-refractivity contribution in [3.63, 3.8) is 0 Å². The van der Waals surface area contributed by atoms with Crippen LogP contribution in [0.15, 0.2) is 29.2 Å². The molecule has 1 aromatic rings. The minimum atomic E-state index is -3.73. The maximum absolute atomic E-state index is 11.9. The van der Waals surface area contributed by atoms with Crippen LogP contribution in [-0.4, -0.2) is 32.9 Å². The normalized spacial score (nSPS) is 12.7. The number of nitrogens with one attached hydrogen (secondary N) is 1. The Hall–Kier alpha value is -1.64. The average molecular weight is 335 g/mol. The zero-order chi connectivity index (χ0) is 16.0. The first-order valence-corrected chi connectivity index (χ1v) is 7.82. The Labute approximate surface area is 127 Å². The number of rotatable bonds is 7. The lowest BCUT2D eigenvalue weighted by Gasteiger charge is -2.10. The molecule has 0 aliphatic heterocycles. The molecular weight excluding hydrogens is 320 g/mol. The molecule has 116 valence electrons. The lowest BCUT2D eigenvalue weighted by molar-refractivity contribution is -0.153. The van der Waals surface area contributed by atoms with E-state index in [2.05, 4.69) is 9.46 Å². The molecular formula is C12H15ClN2O5S. The molecule has 7 nitrogen and oxygen atoms in total. The van der Waals surface area contributed by atoms with E-state index in [1.807, 2.05) is 0 Å². The van der Waals surface area contributed by atoms with Gasteiger partial charge in [-0.15, -0.1) is 0 Å². The lowest BCUT2D eigenvalue weighted by atomic mass is 10.4. The summed E-state index contributed by atoms with van der Waals surface area (Å²) in [5, 5.41) is 0.415. The van der Waals surface area contributed by atoms with Crippen LogP contribution < -0.4 is 10.5 Å². The van der Waals surface area contributed by atoms with Crippen LogP contribution in [-0.2, 0) is 24.3 Å². The molecule has 0 fully saturated rings. The summed E-state index contributed by atoms with van der Waals surface area (Å²) in [5.41, 5.74) is 4.93. The van der Waals surface area contributed by atoms with Crippen LogP contribution in [0.2, 0.25) is 5.02 Å². The number of hydrogen-bond donors (Lipinski definition) is 2. The van der Waals surface area contributed by atoms with E-state index in [1.54, 1.807) is 0 Å². The van der Waals surface area contributed by atoms with Crippen LogP contribution in [0.5, 0.6) is 0 Å². The predicted molar refractivity (Wildman–Crippen MR) is 76.0 cm³/mol. The van der Waals surface area contributed by atoms with Crippen molar-refractivity contribution in [3.8, 4) is 0 Å². The van der Waals surface area contributed by atoms with Crippen molar-refractivity contribution in [3.05, 3.63) is 29.3 Å². The highest BCUT2D eigenvalue weighted by atomic mass is 35.5. The van der Waals surface area contributed by atoms with Crippen molar-refractivity contribution in [2.45, 2.75) is 24.3 Å². The third-order valence-corrected chi connectivity index (χ3v) is 4.18. The number of ether oxygens (including phenoxy) is 1. The van der Waals surface area contributed by atoms with E-state index in [0.29, 0.717) is 5.02 Å². The highest BCUT2D eigenvalue weighted by Gasteiger charge is 2.17. The summed E-state index contributed by atoms with van der Waals surface area (Å²) in [5.74, 6) is -1.50. The second-order valence-electron chi connectivity index (χ2n) is 4.14. The topological polar surface area (TPSA) is 116 Å². The van der Waals surface area contributed by atoms with Gasteiger partial charge in [-0.05, 0) is 31.2 Å². The number of halogens is 1. The van der Waals surface area contributed by atoms with Crippen molar-refractivity contribution < 1.29 is 22.7 Å². The second-order valence-corrected chi connectivity index (χ2v) is 6.34. The summed E-state index contributed by atoms with van der Waals surface area (Å²) in [6.45, 7) is 1.17. The molecule has 0 aliphatic rings. The van der Waals surface area contributed by atoms with Gasteiger partial charge in [0.1, 0.15) is 0 Å². The van der Waals surface area contributed by atoms with Crippen LogP contribution in [0.3, 0.4) is 0 Å². The maximum Gasteiger partial charge on any atom is 0.307 e. The van der Waals surface area contributed by atoms with E-state index in [1.165, 1.54) is 31.2 Å². The van der Waals surface area contributed by atoms with Gasteiger partial charge < -0.3 is 10.5 Å². The van der Waals surface area contributed by atoms with E-state index in [9.17, 15) is 18.0 Å². The molecule has 9 heteroatoms. The lowest BCUT2D eigenvalue weighted by Crippen LogP contribution is -2.32. The Kier molecular flexibility index (Phi) is 6.13. The molecule has 0 saturated heterocycles. The van der Waals surface area contributed by atoms with Gasteiger partial charge >= 0.3 is 5.97 Å². The molecule has 1 aromatic carbocycles. The molecule has 0 aromatic heterocycles. The number of carbonyl (C=O) groups is 2. The Bertz CT molecular complexity index is 615. The van der Waals surface area contributed by atoms with Gasteiger partial charge in [-0.3, -0.25) is 9.59 Å². The van der Waals surface area contributed by atoms with Gasteiger partial charge in [0.2, 0.25) is 10.0 Å². The predicted octanol–water partition coefficient (Wildman–Crippen LogP) is 0.425. The van der Waals surface area contributed by atoms with Crippen LogP contribution in [0, 0.1) is 0 Å².